The second-order valence-corrected chi connectivity index (χ2v) is 8.17. The number of anilines is 1. The van der Waals surface area contributed by atoms with E-state index in [2.05, 4.69) is 22.4 Å². The standard InChI is InChI=1S/C20H23N3O2S/c1-13-22-17(12-26-13)7-8-21-20(25)16-10-19(24)23(11-16)18-6-5-14-3-2-4-15(14)9-18/h5-6,9,12,16H,2-4,7-8,10-11H2,1H3,(H,21,25). The number of hydrogen-bond acceptors (Lipinski definition) is 4. The molecule has 1 unspecified atom stereocenters. The summed E-state index contributed by atoms with van der Waals surface area (Å²) in [7, 11) is 0. The zero-order valence-electron chi connectivity index (χ0n) is 15.0. The average Bonchev–Trinajstić information content (AvgIpc) is 3.34. The van der Waals surface area contributed by atoms with Crippen LogP contribution in [0, 0.1) is 12.8 Å². The zero-order chi connectivity index (χ0) is 18.1. The molecule has 2 heterocycles. The summed E-state index contributed by atoms with van der Waals surface area (Å²) in [5.41, 5.74) is 4.69. The lowest BCUT2D eigenvalue weighted by atomic mass is 10.1. The summed E-state index contributed by atoms with van der Waals surface area (Å²) < 4.78 is 0. The molecular formula is C20H23N3O2S. The first-order valence-corrected chi connectivity index (χ1v) is 10.1. The fourth-order valence-corrected chi connectivity index (χ4v) is 4.49. The van der Waals surface area contributed by atoms with Crippen molar-refractivity contribution in [2.75, 3.05) is 18.0 Å². The molecule has 1 fully saturated rings. The average molecular weight is 369 g/mol. The predicted molar refractivity (Wildman–Crippen MR) is 102 cm³/mol. The maximum atomic E-state index is 12.4. The number of hydrogen-bond donors (Lipinski definition) is 1. The molecule has 1 N–H and O–H groups in total. The van der Waals surface area contributed by atoms with E-state index in [1.54, 1.807) is 16.2 Å². The Balaban J connectivity index is 1.34. The zero-order valence-corrected chi connectivity index (χ0v) is 15.8. The fourth-order valence-electron chi connectivity index (χ4n) is 3.84. The van der Waals surface area contributed by atoms with Gasteiger partial charge in [0.15, 0.2) is 0 Å². The number of aromatic nitrogens is 1. The number of rotatable bonds is 5. The smallest absolute Gasteiger partial charge is 0.227 e. The normalized spacial score (nSPS) is 19.0. The number of nitrogens with zero attached hydrogens (tertiary/aromatic N) is 2. The van der Waals surface area contributed by atoms with Gasteiger partial charge in [-0.25, -0.2) is 4.98 Å². The minimum atomic E-state index is -0.270. The molecule has 1 aliphatic heterocycles. The van der Waals surface area contributed by atoms with Gasteiger partial charge >= 0.3 is 0 Å². The van der Waals surface area contributed by atoms with Crippen molar-refractivity contribution in [3.63, 3.8) is 0 Å². The lowest BCUT2D eigenvalue weighted by molar-refractivity contribution is -0.126. The van der Waals surface area contributed by atoms with E-state index < -0.39 is 0 Å². The topological polar surface area (TPSA) is 62.3 Å². The molecule has 0 spiro atoms. The van der Waals surface area contributed by atoms with Gasteiger partial charge in [-0.05, 0) is 49.4 Å². The van der Waals surface area contributed by atoms with E-state index in [1.165, 1.54) is 17.5 Å². The first-order chi connectivity index (χ1) is 12.6. The number of fused-ring (bicyclic) bond motifs is 1. The largest absolute Gasteiger partial charge is 0.355 e. The third-order valence-electron chi connectivity index (χ3n) is 5.24. The maximum Gasteiger partial charge on any atom is 0.227 e. The quantitative estimate of drug-likeness (QED) is 0.881. The SMILES string of the molecule is Cc1nc(CCNC(=O)C2CC(=O)N(c3ccc4c(c3)CCC4)C2)cs1. The Morgan fingerprint density at radius 2 is 2.19 bits per heavy atom. The van der Waals surface area contributed by atoms with Gasteiger partial charge in [-0.1, -0.05) is 6.07 Å². The summed E-state index contributed by atoms with van der Waals surface area (Å²) >= 11 is 1.62. The van der Waals surface area contributed by atoms with Gasteiger partial charge in [0.2, 0.25) is 11.8 Å². The van der Waals surface area contributed by atoms with E-state index >= 15 is 0 Å². The van der Waals surface area contributed by atoms with Crippen molar-refractivity contribution in [3.05, 3.63) is 45.4 Å². The Bertz CT molecular complexity index is 845. The molecule has 2 aromatic rings. The van der Waals surface area contributed by atoms with Crippen molar-refractivity contribution in [1.29, 1.82) is 0 Å². The highest BCUT2D eigenvalue weighted by Crippen LogP contribution is 2.30. The van der Waals surface area contributed by atoms with E-state index in [0.29, 0.717) is 19.5 Å². The van der Waals surface area contributed by atoms with Crippen LogP contribution in [-0.2, 0) is 28.9 Å². The lowest BCUT2D eigenvalue weighted by Gasteiger charge is -2.18. The molecule has 1 aromatic carbocycles. The van der Waals surface area contributed by atoms with Crippen LogP contribution in [0.25, 0.3) is 0 Å². The molecule has 4 rings (SSSR count). The third kappa shape index (κ3) is 3.51. The van der Waals surface area contributed by atoms with Crippen LogP contribution in [0.1, 0.15) is 34.7 Å². The maximum absolute atomic E-state index is 12.4. The molecule has 2 aliphatic rings. The molecule has 2 amide bonds. The number of carbonyl (C=O) groups excluding carboxylic acids is 2. The third-order valence-corrected chi connectivity index (χ3v) is 6.06. The van der Waals surface area contributed by atoms with Crippen molar-refractivity contribution in [1.82, 2.24) is 10.3 Å². The Morgan fingerprint density at radius 3 is 3.00 bits per heavy atom. The molecule has 1 saturated heterocycles. The highest BCUT2D eigenvalue weighted by molar-refractivity contribution is 7.09. The van der Waals surface area contributed by atoms with Crippen LogP contribution in [0.5, 0.6) is 0 Å². The minimum Gasteiger partial charge on any atom is -0.355 e. The summed E-state index contributed by atoms with van der Waals surface area (Å²) in [6.45, 7) is 3.01. The van der Waals surface area contributed by atoms with E-state index in [1.807, 2.05) is 18.4 Å². The summed E-state index contributed by atoms with van der Waals surface area (Å²) in [5, 5.41) is 6.03. The van der Waals surface area contributed by atoms with Crippen LogP contribution in [0.3, 0.4) is 0 Å². The summed E-state index contributed by atoms with van der Waals surface area (Å²) in [6, 6.07) is 6.28. The van der Waals surface area contributed by atoms with Crippen LogP contribution in [0.4, 0.5) is 5.69 Å². The molecule has 0 saturated carbocycles. The Morgan fingerprint density at radius 1 is 1.35 bits per heavy atom. The number of thiazole rings is 1. The Kier molecular flexibility index (Phi) is 4.76. The first kappa shape index (κ1) is 17.2. The van der Waals surface area contributed by atoms with Gasteiger partial charge in [-0.2, -0.15) is 0 Å². The molecule has 6 heteroatoms. The van der Waals surface area contributed by atoms with Gasteiger partial charge in [-0.3, -0.25) is 9.59 Å². The molecule has 1 atom stereocenters. The Hall–Kier alpha value is -2.21. The monoisotopic (exact) mass is 369 g/mol. The molecule has 5 nitrogen and oxygen atoms in total. The first-order valence-electron chi connectivity index (χ1n) is 9.21. The second-order valence-electron chi connectivity index (χ2n) is 7.11. The molecular weight excluding hydrogens is 346 g/mol. The molecule has 26 heavy (non-hydrogen) atoms. The van der Waals surface area contributed by atoms with Crippen molar-refractivity contribution >= 4 is 28.8 Å². The highest BCUT2D eigenvalue weighted by atomic mass is 32.1. The van der Waals surface area contributed by atoms with Crippen LogP contribution < -0.4 is 10.2 Å². The molecule has 136 valence electrons. The van der Waals surface area contributed by atoms with E-state index in [9.17, 15) is 9.59 Å². The molecule has 1 aromatic heterocycles. The van der Waals surface area contributed by atoms with Crippen molar-refractivity contribution in [2.45, 2.75) is 39.0 Å². The van der Waals surface area contributed by atoms with Gasteiger partial charge in [0.25, 0.3) is 0 Å². The fraction of sp³-hybridized carbons (Fsp3) is 0.450. The summed E-state index contributed by atoms with van der Waals surface area (Å²) in [4.78, 5) is 31.0. The Labute approximate surface area is 157 Å². The molecule has 0 bridgehead atoms. The number of aryl methyl sites for hydroxylation is 3. The van der Waals surface area contributed by atoms with E-state index in [-0.39, 0.29) is 17.7 Å². The van der Waals surface area contributed by atoms with Gasteiger partial charge < -0.3 is 10.2 Å². The van der Waals surface area contributed by atoms with Gasteiger partial charge in [0, 0.05) is 37.0 Å². The summed E-state index contributed by atoms with van der Waals surface area (Å²) in [6.07, 6.45) is 4.43. The lowest BCUT2D eigenvalue weighted by Crippen LogP contribution is -2.34. The van der Waals surface area contributed by atoms with Gasteiger partial charge in [0.1, 0.15) is 0 Å². The predicted octanol–water partition coefficient (Wildman–Crippen LogP) is 2.65. The van der Waals surface area contributed by atoms with Gasteiger partial charge in [0.05, 0.1) is 16.6 Å². The van der Waals surface area contributed by atoms with E-state index in [4.69, 9.17) is 0 Å². The van der Waals surface area contributed by atoms with Gasteiger partial charge in [-0.15, -0.1) is 11.3 Å². The number of benzene rings is 1. The number of amides is 2. The van der Waals surface area contributed by atoms with E-state index in [0.717, 1.165) is 35.7 Å². The number of nitrogens with one attached hydrogen (secondary N) is 1. The highest BCUT2D eigenvalue weighted by Gasteiger charge is 2.35. The van der Waals surface area contributed by atoms with Crippen LogP contribution in [0.2, 0.25) is 0 Å². The molecule has 0 radical (unpaired) electrons. The molecule has 1 aliphatic carbocycles. The van der Waals surface area contributed by atoms with Crippen molar-refractivity contribution < 1.29 is 9.59 Å². The second kappa shape index (κ2) is 7.19. The van der Waals surface area contributed by atoms with Crippen LogP contribution in [0.15, 0.2) is 23.6 Å². The van der Waals surface area contributed by atoms with Crippen molar-refractivity contribution in [2.24, 2.45) is 5.92 Å². The summed E-state index contributed by atoms with van der Waals surface area (Å²) in [5.74, 6) is -0.264. The minimum absolute atomic E-state index is 0.0334. The van der Waals surface area contributed by atoms with Crippen LogP contribution in [-0.4, -0.2) is 29.9 Å². The number of carbonyl (C=O) groups is 2. The van der Waals surface area contributed by atoms with Crippen molar-refractivity contribution in [3.8, 4) is 0 Å². The van der Waals surface area contributed by atoms with Crippen LogP contribution >= 0.6 is 11.3 Å².